The minimum atomic E-state index is -0.196. The van der Waals surface area contributed by atoms with Crippen LogP contribution in [0.2, 0.25) is 0 Å². The third kappa shape index (κ3) is 8.47. The number of hydrogen-bond acceptors (Lipinski definition) is 9. The van der Waals surface area contributed by atoms with Crippen molar-refractivity contribution >= 4 is 62.7 Å². The third-order valence-electron chi connectivity index (χ3n) is 9.46. The number of aromatic nitrogens is 4. The van der Waals surface area contributed by atoms with Crippen molar-refractivity contribution in [2.45, 2.75) is 44.6 Å². The van der Waals surface area contributed by atoms with E-state index in [1.165, 1.54) is 25.5 Å². The van der Waals surface area contributed by atoms with Crippen molar-refractivity contribution in [3.8, 4) is 22.3 Å². The lowest BCUT2D eigenvalue weighted by molar-refractivity contribution is -0.131. The van der Waals surface area contributed by atoms with Gasteiger partial charge in [0.2, 0.25) is 11.8 Å². The number of nitrogens with zero attached hydrogens (tertiary/aromatic N) is 5. The number of carbonyl (C=O) groups excluding carboxylic acids is 3. The van der Waals surface area contributed by atoms with Gasteiger partial charge in [0.1, 0.15) is 24.3 Å². The van der Waals surface area contributed by atoms with Gasteiger partial charge < -0.3 is 32.3 Å². The van der Waals surface area contributed by atoms with Crippen LogP contribution in [0.3, 0.4) is 0 Å². The van der Waals surface area contributed by atoms with Crippen LogP contribution in [0.5, 0.6) is 0 Å². The van der Waals surface area contributed by atoms with Gasteiger partial charge in [-0.1, -0.05) is 49.2 Å². The van der Waals surface area contributed by atoms with Crippen molar-refractivity contribution < 1.29 is 14.4 Å². The molecular formula is C40H40N10O3. The Morgan fingerprint density at radius 2 is 1.23 bits per heavy atom. The smallest absolute Gasteiger partial charge is 0.319 e. The summed E-state index contributed by atoms with van der Waals surface area (Å²) in [5.74, 6) is 0.733. The van der Waals surface area contributed by atoms with E-state index in [0.717, 1.165) is 69.0 Å². The van der Waals surface area contributed by atoms with Crippen LogP contribution in [0.4, 0.5) is 27.8 Å². The highest BCUT2D eigenvalue weighted by atomic mass is 16.2. The molecule has 0 unspecified atom stereocenters. The Bertz CT molecular complexity index is 2310. The summed E-state index contributed by atoms with van der Waals surface area (Å²) in [6.45, 7) is 0.736. The number of urea groups is 1. The number of nitrogens with two attached hydrogens (primary N) is 2. The SMILES string of the molecule is Nc1ncnc2ccc(-c3cccc(NC(=O)CN4CCCC4=O)c3)cc12.Nc1ncnc2ccc(-c3cccc(NC(=O)NC4CCCC4)c3)cc12. The van der Waals surface area contributed by atoms with Crippen molar-refractivity contribution in [2.24, 2.45) is 0 Å². The minimum absolute atomic E-state index is 0.0369. The van der Waals surface area contributed by atoms with E-state index in [1.807, 2.05) is 84.9 Å². The summed E-state index contributed by atoms with van der Waals surface area (Å²) in [6.07, 6.45) is 8.75. The van der Waals surface area contributed by atoms with E-state index in [-0.39, 0.29) is 24.4 Å². The van der Waals surface area contributed by atoms with Crippen LogP contribution in [-0.4, -0.2) is 61.8 Å². The van der Waals surface area contributed by atoms with Crippen molar-refractivity contribution in [1.82, 2.24) is 30.2 Å². The van der Waals surface area contributed by atoms with Crippen LogP contribution >= 0.6 is 0 Å². The van der Waals surface area contributed by atoms with Crippen LogP contribution in [0, 0.1) is 0 Å². The average molecular weight is 709 g/mol. The zero-order valence-corrected chi connectivity index (χ0v) is 29.1. The standard InChI is InChI=1S/C20H19N5O2.C20H21N5O/c21-20-16-10-14(6-7-17(16)22-12-23-20)13-3-1-4-15(9-13)24-18(26)11-25-8-2-5-19(25)27;21-19-17-11-14(8-9-18(17)22-12-23-19)13-4-3-7-16(10-13)25-20(26)24-15-5-1-2-6-15/h1,3-4,6-7,9-10,12H,2,5,8,11H2,(H,24,26)(H2,21,22,23);3-4,7-12,15H,1-2,5-6H2,(H2,21,22,23)(H2,24,25,26). The van der Waals surface area contributed by atoms with Gasteiger partial charge in [-0.05, 0) is 90.0 Å². The zero-order valence-electron chi connectivity index (χ0n) is 29.1. The maximum Gasteiger partial charge on any atom is 0.319 e. The molecule has 4 aromatic carbocycles. The Morgan fingerprint density at radius 3 is 1.77 bits per heavy atom. The van der Waals surface area contributed by atoms with Gasteiger partial charge in [-0.25, -0.2) is 24.7 Å². The molecule has 2 aliphatic rings. The summed E-state index contributed by atoms with van der Waals surface area (Å²) in [6, 6.07) is 27.2. The van der Waals surface area contributed by atoms with E-state index in [0.29, 0.717) is 36.3 Å². The largest absolute Gasteiger partial charge is 0.383 e. The minimum Gasteiger partial charge on any atom is -0.383 e. The van der Waals surface area contributed by atoms with Gasteiger partial charge in [0.15, 0.2) is 0 Å². The molecule has 1 aliphatic heterocycles. The topological polar surface area (TPSA) is 194 Å². The maximum atomic E-state index is 12.2. The van der Waals surface area contributed by atoms with E-state index in [4.69, 9.17) is 11.5 Å². The molecule has 2 fully saturated rings. The van der Waals surface area contributed by atoms with E-state index < -0.39 is 0 Å². The molecule has 13 nitrogen and oxygen atoms in total. The number of benzene rings is 4. The van der Waals surface area contributed by atoms with E-state index in [1.54, 1.807) is 4.90 Å². The van der Waals surface area contributed by atoms with Crippen LogP contribution < -0.4 is 27.4 Å². The number of nitrogen functional groups attached to an aromatic ring is 2. The highest BCUT2D eigenvalue weighted by Crippen LogP contribution is 2.29. The summed E-state index contributed by atoms with van der Waals surface area (Å²) < 4.78 is 0. The number of anilines is 4. The molecule has 268 valence electrons. The fourth-order valence-corrected chi connectivity index (χ4v) is 6.73. The molecule has 0 radical (unpaired) electrons. The molecule has 1 saturated carbocycles. The Hall–Kier alpha value is -6.63. The van der Waals surface area contributed by atoms with Gasteiger partial charge in [0.05, 0.1) is 17.6 Å². The lowest BCUT2D eigenvalue weighted by atomic mass is 10.0. The molecule has 8 rings (SSSR count). The van der Waals surface area contributed by atoms with Gasteiger partial charge in [-0.3, -0.25) is 9.59 Å². The Kier molecular flexibility index (Phi) is 10.3. The highest BCUT2D eigenvalue weighted by molar-refractivity contribution is 5.96. The molecule has 2 aromatic heterocycles. The van der Waals surface area contributed by atoms with E-state index >= 15 is 0 Å². The number of rotatable bonds is 7. The monoisotopic (exact) mass is 708 g/mol. The molecular weight excluding hydrogens is 669 g/mol. The second-order valence-corrected chi connectivity index (χ2v) is 13.2. The van der Waals surface area contributed by atoms with E-state index in [9.17, 15) is 14.4 Å². The number of carbonyl (C=O) groups is 3. The number of amides is 4. The summed E-state index contributed by atoms with van der Waals surface area (Å²) in [5, 5.41) is 10.4. The molecule has 3 heterocycles. The Balaban J connectivity index is 0.000000164. The molecule has 0 spiro atoms. The molecule has 13 heteroatoms. The third-order valence-corrected chi connectivity index (χ3v) is 9.46. The quantitative estimate of drug-likeness (QED) is 0.125. The van der Waals surface area contributed by atoms with Crippen molar-refractivity contribution in [3.05, 3.63) is 97.6 Å². The van der Waals surface area contributed by atoms with Gasteiger partial charge in [-0.2, -0.15) is 0 Å². The highest BCUT2D eigenvalue weighted by Gasteiger charge is 2.22. The predicted octanol–water partition coefficient (Wildman–Crippen LogP) is 6.38. The van der Waals surface area contributed by atoms with Crippen LogP contribution in [-0.2, 0) is 9.59 Å². The summed E-state index contributed by atoms with van der Waals surface area (Å²) >= 11 is 0. The average Bonchev–Trinajstić information content (AvgIpc) is 3.83. The van der Waals surface area contributed by atoms with Gasteiger partial charge in [0.25, 0.3) is 0 Å². The van der Waals surface area contributed by atoms with Crippen molar-refractivity contribution in [2.75, 3.05) is 35.2 Å². The first-order valence-electron chi connectivity index (χ1n) is 17.7. The zero-order chi connectivity index (χ0) is 36.7. The predicted molar refractivity (Wildman–Crippen MR) is 208 cm³/mol. The lowest BCUT2D eigenvalue weighted by Gasteiger charge is -2.15. The lowest BCUT2D eigenvalue weighted by Crippen LogP contribution is -2.36. The van der Waals surface area contributed by atoms with Gasteiger partial charge >= 0.3 is 6.03 Å². The van der Waals surface area contributed by atoms with E-state index in [2.05, 4.69) is 35.9 Å². The first-order chi connectivity index (χ1) is 25.8. The number of likely N-dealkylation sites (tertiary alicyclic amines) is 1. The molecule has 0 bridgehead atoms. The summed E-state index contributed by atoms with van der Waals surface area (Å²) in [7, 11) is 0. The fourth-order valence-electron chi connectivity index (χ4n) is 6.73. The van der Waals surface area contributed by atoms with Crippen LogP contribution in [0.1, 0.15) is 38.5 Å². The molecule has 1 saturated heterocycles. The first kappa shape index (κ1) is 34.8. The first-order valence-corrected chi connectivity index (χ1v) is 17.7. The second kappa shape index (κ2) is 15.7. The molecule has 7 N–H and O–H groups in total. The molecule has 6 aromatic rings. The normalized spacial score (nSPS) is 14.2. The van der Waals surface area contributed by atoms with Crippen LogP contribution in [0.25, 0.3) is 44.1 Å². The van der Waals surface area contributed by atoms with Gasteiger partial charge in [-0.15, -0.1) is 0 Å². The summed E-state index contributed by atoms with van der Waals surface area (Å²) in [5.41, 5.74) is 18.8. The van der Waals surface area contributed by atoms with Gasteiger partial charge in [0, 0.05) is 41.2 Å². The second-order valence-electron chi connectivity index (χ2n) is 13.2. The number of hydrogen-bond donors (Lipinski definition) is 5. The van der Waals surface area contributed by atoms with Crippen molar-refractivity contribution in [1.29, 1.82) is 0 Å². The molecule has 1 aliphatic carbocycles. The molecule has 4 amide bonds. The fraction of sp³-hybridized carbons (Fsp3) is 0.225. The van der Waals surface area contributed by atoms with Crippen molar-refractivity contribution in [3.63, 3.8) is 0 Å². The Labute approximate surface area is 306 Å². The number of nitrogens with one attached hydrogen (secondary N) is 3. The maximum absolute atomic E-state index is 12.2. The molecule has 53 heavy (non-hydrogen) atoms. The van der Waals surface area contributed by atoms with Crippen LogP contribution in [0.15, 0.2) is 97.6 Å². The number of fused-ring (bicyclic) bond motifs is 2. The Morgan fingerprint density at radius 1 is 0.679 bits per heavy atom. The summed E-state index contributed by atoms with van der Waals surface area (Å²) in [4.78, 5) is 54.2. The molecule has 0 atom stereocenters.